The number of nitrogens with two attached hydrogens (primary N) is 1. The molecule has 1 aliphatic rings. The summed E-state index contributed by atoms with van der Waals surface area (Å²) in [5.74, 6) is -0.185. The number of rotatable bonds is 4. The summed E-state index contributed by atoms with van der Waals surface area (Å²) in [5, 5.41) is 21.5. The van der Waals surface area contributed by atoms with Gasteiger partial charge in [-0.1, -0.05) is 0 Å². The minimum atomic E-state index is -4.81. The molecule has 0 saturated carbocycles. The molecule has 1 aliphatic heterocycles. The molecule has 0 aliphatic carbocycles. The van der Waals surface area contributed by atoms with Crippen molar-refractivity contribution in [1.82, 2.24) is 19.5 Å². The van der Waals surface area contributed by atoms with Gasteiger partial charge in [-0.3, -0.25) is 18.9 Å². The van der Waals surface area contributed by atoms with Gasteiger partial charge in [-0.25, -0.2) is 9.55 Å². The van der Waals surface area contributed by atoms with E-state index in [4.69, 9.17) is 20.3 Å². The fourth-order valence-electron chi connectivity index (χ4n) is 2.81. The van der Waals surface area contributed by atoms with Gasteiger partial charge in [0.2, 0.25) is 5.95 Å². The monoisotopic (exact) mass is 391 g/mol. The molecule has 3 rings (SSSR count). The van der Waals surface area contributed by atoms with E-state index < -0.39 is 43.5 Å². The van der Waals surface area contributed by atoms with E-state index in [1.807, 2.05) is 0 Å². The lowest BCUT2D eigenvalue weighted by molar-refractivity contribution is -0.134. The third-order valence-corrected chi connectivity index (χ3v) is 5.01. The van der Waals surface area contributed by atoms with Gasteiger partial charge in [-0.2, -0.15) is 4.98 Å². The molecule has 14 heteroatoms. The van der Waals surface area contributed by atoms with Gasteiger partial charge in [-0.05, 0) is 13.8 Å². The van der Waals surface area contributed by atoms with Crippen molar-refractivity contribution in [2.75, 3.05) is 12.3 Å². The number of phosphoric ester groups is 1. The van der Waals surface area contributed by atoms with Crippen LogP contribution < -0.4 is 11.3 Å². The van der Waals surface area contributed by atoms with Crippen LogP contribution in [0.4, 0.5) is 5.95 Å². The molecular weight excluding hydrogens is 373 g/mol. The van der Waals surface area contributed by atoms with Gasteiger partial charge < -0.3 is 30.5 Å². The molecule has 0 radical (unpaired) electrons. The highest BCUT2D eigenvalue weighted by atomic mass is 31.2. The van der Waals surface area contributed by atoms with Crippen LogP contribution in [-0.4, -0.2) is 63.4 Å². The SMILES string of the molecule is CC1(O)[C@@H](COP(=O)(O)O)O[C@@H](n2cnc3c(=O)[nH]c(N)nc32)C1(C)O. The number of nitrogen functional groups attached to an aromatic ring is 1. The number of aliphatic hydroxyl groups is 2. The summed E-state index contributed by atoms with van der Waals surface area (Å²) in [6.45, 7) is 1.80. The number of nitrogens with zero attached hydrogens (tertiary/aromatic N) is 3. The Morgan fingerprint density at radius 3 is 2.69 bits per heavy atom. The summed E-state index contributed by atoms with van der Waals surface area (Å²) < 4.78 is 22.1. The Hall–Kier alpha value is -1.86. The van der Waals surface area contributed by atoms with E-state index in [2.05, 4.69) is 19.5 Å². The summed E-state index contributed by atoms with van der Waals surface area (Å²) in [5.41, 5.74) is 0.952. The number of phosphoric acid groups is 1. The summed E-state index contributed by atoms with van der Waals surface area (Å²) in [6, 6.07) is 0. The lowest BCUT2D eigenvalue weighted by Gasteiger charge is -2.35. The van der Waals surface area contributed by atoms with E-state index in [9.17, 15) is 19.6 Å². The molecular formula is C12H18N5O8P. The van der Waals surface area contributed by atoms with Crippen LogP contribution in [0.15, 0.2) is 11.1 Å². The molecule has 1 fully saturated rings. The van der Waals surface area contributed by atoms with E-state index in [0.29, 0.717) is 0 Å². The van der Waals surface area contributed by atoms with E-state index >= 15 is 0 Å². The molecule has 2 aromatic heterocycles. The Balaban J connectivity index is 2.03. The second kappa shape index (κ2) is 5.82. The number of aromatic amines is 1. The molecule has 0 aromatic carbocycles. The number of ether oxygens (including phenoxy) is 1. The molecule has 3 heterocycles. The average Bonchev–Trinajstić information content (AvgIpc) is 2.95. The summed E-state index contributed by atoms with van der Waals surface area (Å²) >= 11 is 0. The summed E-state index contributed by atoms with van der Waals surface area (Å²) in [7, 11) is -4.81. The molecule has 2 unspecified atom stereocenters. The fraction of sp³-hybridized carbons (Fsp3) is 0.583. The second-order valence-electron chi connectivity index (χ2n) is 6.33. The maximum Gasteiger partial charge on any atom is 0.469 e. The third kappa shape index (κ3) is 2.93. The van der Waals surface area contributed by atoms with Crippen LogP contribution in [0.1, 0.15) is 20.1 Å². The van der Waals surface area contributed by atoms with Gasteiger partial charge in [0.05, 0.1) is 12.9 Å². The standard InChI is InChI=1S/C12H18N5O8P/c1-11(19)5(3-24-26(21,22)23)25-9(12(11,2)20)17-4-14-6-7(17)15-10(13)16-8(6)18/h4-5,9,19-20H,3H2,1-2H3,(H2,21,22,23)(H3,13,15,16,18)/t5-,9-,11?,12?/m1/s1. The van der Waals surface area contributed by atoms with Gasteiger partial charge in [0, 0.05) is 0 Å². The zero-order valence-corrected chi connectivity index (χ0v) is 14.6. The first kappa shape index (κ1) is 18.9. The normalized spacial score (nSPS) is 32.4. The Bertz CT molecular complexity index is 947. The zero-order valence-electron chi connectivity index (χ0n) is 13.7. The lowest BCUT2D eigenvalue weighted by Crippen LogP contribution is -2.54. The minimum absolute atomic E-state index is 0.00359. The largest absolute Gasteiger partial charge is 0.469 e. The number of H-pyrrole nitrogens is 1. The first-order valence-corrected chi connectivity index (χ1v) is 8.90. The summed E-state index contributed by atoms with van der Waals surface area (Å²) in [6.07, 6.45) is -1.41. The van der Waals surface area contributed by atoms with Crippen molar-refractivity contribution in [2.24, 2.45) is 0 Å². The molecule has 26 heavy (non-hydrogen) atoms. The first-order valence-electron chi connectivity index (χ1n) is 7.37. The number of fused-ring (bicyclic) bond motifs is 1. The Kier molecular flexibility index (Phi) is 4.24. The number of nitrogens with one attached hydrogen (secondary N) is 1. The average molecular weight is 391 g/mol. The van der Waals surface area contributed by atoms with Crippen molar-refractivity contribution in [3.05, 3.63) is 16.7 Å². The highest BCUT2D eigenvalue weighted by Crippen LogP contribution is 2.47. The van der Waals surface area contributed by atoms with Crippen molar-refractivity contribution in [3.63, 3.8) is 0 Å². The molecule has 0 spiro atoms. The lowest BCUT2D eigenvalue weighted by atomic mass is 9.83. The topological polar surface area (TPSA) is 206 Å². The van der Waals surface area contributed by atoms with Crippen molar-refractivity contribution in [2.45, 2.75) is 37.4 Å². The van der Waals surface area contributed by atoms with Crippen LogP contribution in [0.3, 0.4) is 0 Å². The van der Waals surface area contributed by atoms with Gasteiger partial charge >= 0.3 is 7.82 Å². The van der Waals surface area contributed by atoms with Gasteiger partial charge in [0.15, 0.2) is 17.4 Å². The Morgan fingerprint density at radius 2 is 2.08 bits per heavy atom. The van der Waals surface area contributed by atoms with Crippen molar-refractivity contribution in [1.29, 1.82) is 0 Å². The maximum atomic E-state index is 11.9. The number of anilines is 1. The van der Waals surface area contributed by atoms with Crippen LogP contribution in [0.25, 0.3) is 11.2 Å². The Labute approximate surface area is 145 Å². The van der Waals surface area contributed by atoms with Crippen LogP contribution in [-0.2, 0) is 13.8 Å². The molecule has 0 bridgehead atoms. The number of imidazole rings is 1. The van der Waals surface area contributed by atoms with E-state index in [1.165, 1.54) is 24.7 Å². The quantitative estimate of drug-likeness (QED) is 0.321. The van der Waals surface area contributed by atoms with E-state index in [1.54, 1.807) is 0 Å². The zero-order chi connectivity index (χ0) is 19.5. The van der Waals surface area contributed by atoms with Crippen LogP contribution in [0, 0.1) is 0 Å². The summed E-state index contributed by atoms with van der Waals surface area (Å²) in [4.78, 5) is 39.7. The number of aromatic nitrogens is 4. The highest BCUT2D eigenvalue weighted by molar-refractivity contribution is 7.46. The van der Waals surface area contributed by atoms with Crippen LogP contribution in [0.5, 0.6) is 0 Å². The first-order chi connectivity index (χ1) is 11.8. The highest BCUT2D eigenvalue weighted by Gasteiger charge is 2.61. The number of hydrogen-bond acceptors (Lipinski definition) is 9. The van der Waals surface area contributed by atoms with Crippen LogP contribution in [0.2, 0.25) is 0 Å². The molecule has 2 aromatic rings. The molecule has 144 valence electrons. The predicted octanol–water partition coefficient (Wildman–Crippen LogP) is -1.79. The molecule has 0 amide bonds. The van der Waals surface area contributed by atoms with Gasteiger partial charge in [0.1, 0.15) is 17.3 Å². The predicted molar refractivity (Wildman–Crippen MR) is 85.7 cm³/mol. The molecule has 13 nitrogen and oxygen atoms in total. The van der Waals surface area contributed by atoms with Crippen LogP contribution >= 0.6 is 7.82 Å². The van der Waals surface area contributed by atoms with Gasteiger partial charge in [-0.15, -0.1) is 0 Å². The van der Waals surface area contributed by atoms with Crippen molar-refractivity contribution >= 4 is 24.9 Å². The van der Waals surface area contributed by atoms with E-state index in [-0.39, 0.29) is 17.1 Å². The van der Waals surface area contributed by atoms with E-state index in [0.717, 1.165) is 0 Å². The van der Waals surface area contributed by atoms with Gasteiger partial charge in [0.25, 0.3) is 5.56 Å². The molecule has 4 atom stereocenters. The maximum absolute atomic E-state index is 11.9. The third-order valence-electron chi connectivity index (χ3n) is 4.52. The molecule has 1 saturated heterocycles. The van der Waals surface area contributed by atoms with Crippen molar-refractivity contribution < 1.29 is 33.8 Å². The Morgan fingerprint density at radius 1 is 1.42 bits per heavy atom. The minimum Gasteiger partial charge on any atom is -0.384 e. The number of hydrogen-bond donors (Lipinski definition) is 6. The second-order valence-corrected chi connectivity index (χ2v) is 7.57. The smallest absolute Gasteiger partial charge is 0.384 e. The van der Waals surface area contributed by atoms with Crippen molar-refractivity contribution in [3.8, 4) is 0 Å². The molecule has 7 N–H and O–H groups in total. The fourth-order valence-corrected chi connectivity index (χ4v) is 3.14.